The van der Waals surface area contributed by atoms with Gasteiger partial charge in [-0.2, -0.15) is 0 Å². The van der Waals surface area contributed by atoms with Gasteiger partial charge in [-0.3, -0.25) is 24.3 Å². The Labute approximate surface area is 205 Å². The molecule has 1 aliphatic rings. The Bertz CT molecular complexity index is 1430. The third-order valence-corrected chi connectivity index (χ3v) is 6.20. The maximum absolute atomic E-state index is 12.8. The first-order chi connectivity index (χ1) is 16.5. The molecule has 0 spiro atoms. The van der Waals surface area contributed by atoms with Gasteiger partial charge in [-0.1, -0.05) is 53.5 Å². The van der Waals surface area contributed by atoms with Crippen molar-refractivity contribution in [2.45, 2.75) is 6.54 Å². The van der Waals surface area contributed by atoms with E-state index in [4.69, 9.17) is 23.2 Å². The Hall–Kier alpha value is -3.80. The highest BCUT2D eigenvalue weighted by atomic mass is 35.5. The van der Waals surface area contributed by atoms with Gasteiger partial charge in [0.15, 0.2) is 6.29 Å². The van der Waals surface area contributed by atoms with Crippen molar-refractivity contribution in [2.24, 2.45) is 0 Å². The number of aromatic nitrogens is 1. The molecule has 3 aromatic carbocycles. The molecule has 2 heterocycles. The fourth-order valence-electron chi connectivity index (χ4n) is 4.07. The Morgan fingerprint density at radius 2 is 1.41 bits per heavy atom. The number of imide groups is 1. The van der Waals surface area contributed by atoms with Gasteiger partial charge in [0, 0.05) is 32.9 Å². The molecule has 2 amide bonds. The Morgan fingerprint density at radius 3 is 2.06 bits per heavy atom. The molecule has 0 fully saturated rings. The molecule has 0 N–H and O–H groups in total. The molecule has 0 radical (unpaired) electrons. The van der Waals surface area contributed by atoms with Crippen molar-refractivity contribution in [3.63, 3.8) is 0 Å². The molecular formula is C27H16Cl2N2O3. The summed E-state index contributed by atoms with van der Waals surface area (Å²) in [6.07, 6.45) is 2.35. The zero-order valence-electron chi connectivity index (χ0n) is 17.7. The van der Waals surface area contributed by atoms with Crippen LogP contribution in [0.25, 0.3) is 22.4 Å². The Balaban J connectivity index is 1.60. The second-order valence-electron chi connectivity index (χ2n) is 7.84. The number of fused-ring (bicyclic) bond motifs is 1. The van der Waals surface area contributed by atoms with Gasteiger partial charge in [0.1, 0.15) is 0 Å². The molecular weight excluding hydrogens is 471 g/mol. The SMILES string of the molecule is O=Cc1cc(Cl)ccc1-c1ncc(CN2C(=O)c3ccccc3C2=O)cc1-c1ccc(Cl)cc1. The minimum Gasteiger partial charge on any atom is -0.298 e. The van der Waals surface area contributed by atoms with E-state index in [2.05, 4.69) is 4.98 Å². The second kappa shape index (κ2) is 8.86. The molecule has 0 saturated carbocycles. The monoisotopic (exact) mass is 486 g/mol. The summed E-state index contributed by atoms with van der Waals surface area (Å²) in [6, 6.07) is 20.9. The second-order valence-corrected chi connectivity index (χ2v) is 8.71. The Kier molecular flexibility index (Phi) is 5.74. The number of pyridine rings is 1. The largest absolute Gasteiger partial charge is 0.298 e. The maximum atomic E-state index is 12.8. The fraction of sp³-hybridized carbons (Fsp3) is 0.0370. The van der Waals surface area contributed by atoms with E-state index in [0.717, 1.165) is 17.4 Å². The van der Waals surface area contributed by atoms with Crippen molar-refractivity contribution in [1.82, 2.24) is 9.88 Å². The third-order valence-electron chi connectivity index (χ3n) is 5.71. The van der Waals surface area contributed by atoms with E-state index < -0.39 is 0 Å². The maximum Gasteiger partial charge on any atom is 0.261 e. The van der Waals surface area contributed by atoms with Crippen LogP contribution in [0.5, 0.6) is 0 Å². The lowest BCUT2D eigenvalue weighted by atomic mass is 9.95. The standard InChI is InChI=1S/C27H16Cl2N2O3/c28-19-7-5-17(6-8-19)24-11-16(13-30-25(24)21-10-9-20(29)12-18(21)15-32)14-31-26(33)22-3-1-2-4-23(22)27(31)34/h1-13,15H,14H2. The van der Waals surface area contributed by atoms with Crippen molar-refractivity contribution in [1.29, 1.82) is 0 Å². The number of carbonyl (C=O) groups is 3. The lowest BCUT2D eigenvalue weighted by molar-refractivity contribution is 0.0642. The summed E-state index contributed by atoms with van der Waals surface area (Å²) in [7, 11) is 0. The van der Waals surface area contributed by atoms with Gasteiger partial charge < -0.3 is 0 Å². The molecule has 0 aliphatic carbocycles. The minimum atomic E-state index is -0.335. The molecule has 5 nitrogen and oxygen atoms in total. The summed E-state index contributed by atoms with van der Waals surface area (Å²) in [4.78, 5) is 43.2. The number of rotatable bonds is 5. The Morgan fingerprint density at radius 1 is 0.765 bits per heavy atom. The molecule has 0 unspecified atom stereocenters. The third kappa shape index (κ3) is 3.89. The molecule has 0 bridgehead atoms. The van der Waals surface area contributed by atoms with Crippen molar-refractivity contribution in [2.75, 3.05) is 0 Å². The average molecular weight is 487 g/mol. The normalized spacial score (nSPS) is 12.7. The summed E-state index contributed by atoms with van der Waals surface area (Å²) in [5.41, 5.74) is 4.62. The number of aldehydes is 1. The van der Waals surface area contributed by atoms with E-state index in [1.165, 1.54) is 4.90 Å². The number of hydrogen-bond donors (Lipinski definition) is 0. The molecule has 1 aliphatic heterocycles. The molecule has 7 heteroatoms. The predicted molar refractivity (Wildman–Crippen MR) is 131 cm³/mol. The summed E-state index contributed by atoms with van der Waals surface area (Å²) in [5.74, 6) is -0.669. The van der Waals surface area contributed by atoms with Crippen LogP contribution in [-0.4, -0.2) is 28.0 Å². The molecule has 4 aromatic rings. The van der Waals surface area contributed by atoms with Crippen molar-refractivity contribution in [3.8, 4) is 22.4 Å². The lowest BCUT2D eigenvalue weighted by Crippen LogP contribution is -2.29. The van der Waals surface area contributed by atoms with Crippen molar-refractivity contribution in [3.05, 3.63) is 111 Å². The summed E-state index contributed by atoms with van der Waals surface area (Å²) in [5, 5.41) is 1.03. The topological polar surface area (TPSA) is 67.3 Å². The molecule has 34 heavy (non-hydrogen) atoms. The minimum absolute atomic E-state index is 0.0708. The first-order valence-electron chi connectivity index (χ1n) is 10.4. The molecule has 1 aromatic heterocycles. The number of nitrogens with zero attached hydrogens (tertiary/aromatic N) is 2. The molecule has 0 saturated heterocycles. The summed E-state index contributed by atoms with van der Waals surface area (Å²) < 4.78 is 0. The number of carbonyl (C=O) groups excluding carboxylic acids is 3. The van der Waals surface area contributed by atoms with E-state index in [1.54, 1.807) is 60.8 Å². The van der Waals surface area contributed by atoms with Crippen LogP contribution in [-0.2, 0) is 6.54 Å². The van der Waals surface area contributed by atoms with Gasteiger partial charge in [0.2, 0.25) is 0 Å². The van der Waals surface area contributed by atoms with Crippen LogP contribution in [0, 0.1) is 0 Å². The zero-order valence-corrected chi connectivity index (χ0v) is 19.2. The molecule has 166 valence electrons. The van der Waals surface area contributed by atoms with Crippen molar-refractivity contribution < 1.29 is 14.4 Å². The van der Waals surface area contributed by atoms with E-state index in [9.17, 15) is 14.4 Å². The van der Waals surface area contributed by atoms with E-state index in [1.807, 2.05) is 18.2 Å². The zero-order chi connectivity index (χ0) is 23.8. The van der Waals surface area contributed by atoms with Gasteiger partial charge in [0.05, 0.1) is 23.4 Å². The summed E-state index contributed by atoms with van der Waals surface area (Å²) in [6.45, 7) is 0.0708. The lowest BCUT2D eigenvalue weighted by Gasteiger charge is -2.17. The number of benzene rings is 3. The highest BCUT2D eigenvalue weighted by molar-refractivity contribution is 6.31. The van der Waals surface area contributed by atoms with Crippen LogP contribution in [0.3, 0.4) is 0 Å². The van der Waals surface area contributed by atoms with Gasteiger partial charge in [0.25, 0.3) is 11.8 Å². The van der Waals surface area contributed by atoms with Gasteiger partial charge in [-0.15, -0.1) is 0 Å². The van der Waals surface area contributed by atoms with Gasteiger partial charge >= 0.3 is 0 Å². The molecule has 5 rings (SSSR count). The number of halogens is 2. The first-order valence-corrected chi connectivity index (χ1v) is 11.2. The highest BCUT2D eigenvalue weighted by Gasteiger charge is 2.35. The van der Waals surface area contributed by atoms with Crippen LogP contribution < -0.4 is 0 Å². The summed E-state index contributed by atoms with van der Waals surface area (Å²) >= 11 is 12.2. The number of amides is 2. The van der Waals surface area contributed by atoms with Gasteiger partial charge in [-0.05, 0) is 53.6 Å². The van der Waals surface area contributed by atoms with E-state index in [0.29, 0.717) is 43.6 Å². The highest BCUT2D eigenvalue weighted by Crippen LogP contribution is 2.35. The van der Waals surface area contributed by atoms with Crippen LogP contribution in [0.4, 0.5) is 0 Å². The smallest absolute Gasteiger partial charge is 0.261 e. The van der Waals surface area contributed by atoms with E-state index >= 15 is 0 Å². The van der Waals surface area contributed by atoms with Crippen LogP contribution in [0.1, 0.15) is 36.6 Å². The van der Waals surface area contributed by atoms with Crippen LogP contribution >= 0.6 is 23.2 Å². The molecule has 0 atom stereocenters. The average Bonchev–Trinajstić information content (AvgIpc) is 3.09. The predicted octanol–water partition coefficient (Wildman–Crippen LogP) is 6.33. The number of hydrogen-bond acceptors (Lipinski definition) is 4. The van der Waals surface area contributed by atoms with E-state index in [-0.39, 0.29) is 18.4 Å². The quantitative estimate of drug-likeness (QED) is 0.244. The fourth-order valence-corrected chi connectivity index (χ4v) is 4.38. The van der Waals surface area contributed by atoms with Crippen LogP contribution in [0.15, 0.2) is 79.0 Å². The first kappa shape index (κ1) is 22.0. The van der Waals surface area contributed by atoms with Gasteiger partial charge in [-0.25, -0.2) is 0 Å². The van der Waals surface area contributed by atoms with Crippen molar-refractivity contribution >= 4 is 41.3 Å². The van der Waals surface area contributed by atoms with Crippen LogP contribution in [0.2, 0.25) is 10.0 Å².